The Morgan fingerprint density at radius 2 is 1.69 bits per heavy atom. The molecular weight excluding hydrogens is 356 g/mol. The van der Waals surface area contributed by atoms with Crippen LogP contribution in [0.5, 0.6) is 0 Å². The molecule has 2 fully saturated rings. The van der Waals surface area contributed by atoms with Crippen LogP contribution in [0.15, 0.2) is 24.3 Å². The van der Waals surface area contributed by atoms with Crippen LogP contribution < -0.4 is 16.0 Å². The minimum Gasteiger partial charge on any atom is -0.342 e. The lowest BCUT2D eigenvalue weighted by Gasteiger charge is -2.32. The standard InChI is InChI=1S/C18H23ClN4O3/c19-13-3-5-14(6-4-13)21-16(24)11-20-18(26)22-15-7-9-23(10-8-15)17(25)12-1-2-12/h3-6,12,15H,1-2,7-11H2,(H,21,24)(H2,20,22,26). The second kappa shape index (κ2) is 8.40. The molecule has 0 radical (unpaired) electrons. The molecule has 4 amide bonds. The van der Waals surface area contributed by atoms with Gasteiger partial charge in [0.2, 0.25) is 11.8 Å². The molecule has 1 aromatic carbocycles. The number of nitrogens with zero attached hydrogens (tertiary/aromatic N) is 1. The Bertz CT molecular complexity index is 668. The second-order valence-electron chi connectivity index (χ2n) is 6.76. The Labute approximate surface area is 157 Å². The maximum Gasteiger partial charge on any atom is 0.315 e. The van der Waals surface area contributed by atoms with Gasteiger partial charge < -0.3 is 20.9 Å². The smallest absolute Gasteiger partial charge is 0.315 e. The average Bonchev–Trinajstić information content (AvgIpc) is 3.47. The van der Waals surface area contributed by atoms with Crippen molar-refractivity contribution in [3.63, 3.8) is 0 Å². The summed E-state index contributed by atoms with van der Waals surface area (Å²) < 4.78 is 0. The van der Waals surface area contributed by atoms with E-state index < -0.39 is 0 Å². The molecule has 2 aliphatic rings. The molecule has 140 valence electrons. The molecule has 26 heavy (non-hydrogen) atoms. The summed E-state index contributed by atoms with van der Waals surface area (Å²) >= 11 is 5.79. The number of carbonyl (C=O) groups is 3. The molecule has 0 spiro atoms. The number of halogens is 1. The van der Waals surface area contributed by atoms with Gasteiger partial charge in [-0.05, 0) is 49.9 Å². The molecule has 0 aromatic heterocycles. The van der Waals surface area contributed by atoms with E-state index in [1.807, 2.05) is 4.90 Å². The molecule has 8 heteroatoms. The topological polar surface area (TPSA) is 90.5 Å². The van der Waals surface area contributed by atoms with Gasteiger partial charge in [-0.1, -0.05) is 11.6 Å². The summed E-state index contributed by atoms with van der Waals surface area (Å²) in [6.07, 6.45) is 3.50. The number of piperidine rings is 1. The van der Waals surface area contributed by atoms with Gasteiger partial charge in [-0.2, -0.15) is 0 Å². The van der Waals surface area contributed by atoms with Crippen molar-refractivity contribution in [2.24, 2.45) is 5.92 Å². The number of urea groups is 1. The Morgan fingerprint density at radius 1 is 1.04 bits per heavy atom. The quantitative estimate of drug-likeness (QED) is 0.731. The predicted molar refractivity (Wildman–Crippen MR) is 98.9 cm³/mol. The lowest BCUT2D eigenvalue weighted by Crippen LogP contribution is -2.50. The van der Waals surface area contributed by atoms with Crippen LogP contribution in [-0.4, -0.2) is 48.4 Å². The molecule has 0 bridgehead atoms. The van der Waals surface area contributed by atoms with E-state index in [4.69, 9.17) is 11.6 Å². The van der Waals surface area contributed by atoms with Crippen LogP contribution in [0.1, 0.15) is 25.7 Å². The van der Waals surface area contributed by atoms with Gasteiger partial charge in [0, 0.05) is 35.8 Å². The molecule has 1 saturated heterocycles. The predicted octanol–water partition coefficient (Wildman–Crippen LogP) is 1.98. The Morgan fingerprint density at radius 3 is 2.31 bits per heavy atom. The van der Waals surface area contributed by atoms with E-state index in [0.29, 0.717) is 23.8 Å². The Balaban J connectivity index is 1.33. The van der Waals surface area contributed by atoms with Crippen molar-refractivity contribution in [1.29, 1.82) is 0 Å². The van der Waals surface area contributed by atoms with Crippen LogP contribution in [0.2, 0.25) is 5.02 Å². The van der Waals surface area contributed by atoms with Gasteiger partial charge in [0.05, 0.1) is 6.54 Å². The number of nitrogens with one attached hydrogen (secondary N) is 3. The number of anilines is 1. The summed E-state index contributed by atoms with van der Waals surface area (Å²) in [6.45, 7) is 1.24. The highest BCUT2D eigenvalue weighted by molar-refractivity contribution is 6.30. The maximum atomic E-state index is 12.0. The second-order valence-corrected chi connectivity index (χ2v) is 7.19. The molecule has 0 atom stereocenters. The number of hydrogen-bond donors (Lipinski definition) is 3. The third kappa shape index (κ3) is 5.36. The number of carbonyl (C=O) groups excluding carboxylic acids is 3. The SMILES string of the molecule is O=C(CNC(=O)NC1CCN(C(=O)C2CC2)CC1)Nc1ccc(Cl)cc1. The van der Waals surface area contributed by atoms with Crippen LogP contribution in [0.3, 0.4) is 0 Å². The number of amides is 4. The summed E-state index contributed by atoms with van der Waals surface area (Å²) in [5, 5.41) is 8.69. The lowest BCUT2D eigenvalue weighted by atomic mass is 10.0. The molecule has 3 rings (SSSR count). The van der Waals surface area contributed by atoms with Crippen molar-refractivity contribution >= 4 is 35.1 Å². The van der Waals surface area contributed by atoms with E-state index in [1.54, 1.807) is 24.3 Å². The van der Waals surface area contributed by atoms with Crippen molar-refractivity contribution in [3.05, 3.63) is 29.3 Å². The molecule has 1 aromatic rings. The fourth-order valence-electron chi connectivity index (χ4n) is 2.97. The minimum atomic E-state index is -0.372. The van der Waals surface area contributed by atoms with E-state index in [0.717, 1.165) is 25.7 Å². The maximum absolute atomic E-state index is 12.0. The van der Waals surface area contributed by atoms with E-state index in [-0.39, 0.29) is 36.3 Å². The molecule has 0 unspecified atom stereocenters. The van der Waals surface area contributed by atoms with Crippen molar-refractivity contribution in [1.82, 2.24) is 15.5 Å². The van der Waals surface area contributed by atoms with Gasteiger partial charge in [0.1, 0.15) is 0 Å². The first kappa shape index (κ1) is 18.5. The molecule has 7 nitrogen and oxygen atoms in total. The first-order valence-electron chi connectivity index (χ1n) is 8.90. The highest BCUT2D eigenvalue weighted by atomic mass is 35.5. The van der Waals surface area contributed by atoms with Crippen LogP contribution in [0, 0.1) is 5.92 Å². The summed E-state index contributed by atoms with van der Waals surface area (Å²) in [5.41, 5.74) is 0.620. The van der Waals surface area contributed by atoms with Crippen LogP contribution in [0.4, 0.5) is 10.5 Å². The largest absolute Gasteiger partial charge is 0.342 e. The molecule has 1 aliphatic carbocycles. The highest BCUT2D eigenvalue weighted by Crippen LogP contribution is 2.31. The normalized spacial score (nSPS) is 17.5. The van der Waals surface area contributed by atoms with Crippen molar-refractivity contribution in [3.8, 4) is 0 Å². The third-order valence-electron chi connectivity index (χ3n) is 4.61. The number of rotatable bonds is 5. The lowest BCUT2D eigenvalue weighted by molar-refractivity contribution is -0.133. The number of hydrogen-bond acceptors (Lipinski definition) is 3. The van der Waals surface area contributed by atoms with E-state index in [9.17, 15) is 14.4 Å². The zero-order chi connectivity index (χ0) is 18.5. The Hall–Kier alpha value is -2.28. The van der Waals surface area contributed by atoms with E-state index in [2.05, 4.69) is 16.0 Å². The highest BCUT2D eigenvalue weighted by Gasteiger charge is 2.35. The fraction of sp³-hybridized carbons (Fsp3) is 0.500. The molecule has 3 N–H and O–H groups in total. The van der Waals surface area contributed by atoms with Gasteiger partial charge >= 0.3 is 6.03 Å². The van der Waals surface area contributed by atoms with Gasteiger partial charge in [0.15, 0.2) is 0 Å². The van der Waals surface area contributed by atoms with Crippen molar-refractivity contribution < 1.29 is 14.4 Å². The monoisotopic (exact) mass is 378 g/mol. The van der Waals surface area contributed by atoms with Gasteiger partial charge in [-0.25, -0.2) is 4.79 Å². The Kier molecular flexibility index (Phi) is 5.98. The van der Waals surface area contributed by atoms with Crippen LogP contribution >= 0.6 is 11.6 Å². The number of benzene rings is 1. The zero-order valence-corrected chi connectivity index (χ0v) is 15.2. The van der Waals surface area contributed by atoms with E-state index >= 15 is 0 Å². The summed E-state index contributed by atoms with van der Waals surface area (Å²) in [7, 11) is 0. The van der Waals surface area contributed by atoms with Crippen LogP contribution in [-0.2, 0) is 9.59 Å². The molecular formula is C18H23ClN4O3. The average molecular weight is 379 g/mol. The zero-order valence-electron chi connectivity index (χ0n) is 14.5. The first-order chi connectivity index (χ1) is 12.5. The van der Waals surface area contributed by atoms with Gasteiger partial charge in [-0.15, -0.1) is 0 Å². The molecule has 1 aliphatic heterocycles. The van der Waals surface area contributed by atoms with Gasteiger partial charge in [-0.3, -0.25) is 9.59 Å². The summed E-state index contributed by atoms with van der Waals surface area (Å²) in [4.78, 5) is 37.7. The molecule has 1 heterocycles. The number of likely N-dealkylation sites (tertiary alicyclic amines) is 1. The van der Waals surface area contributed by atoms with Crippen molar-refractivity contribution in [2.45, 2.75) is 31.7 Å². The van der Waals surface area contributed by atoms with Crippen LogP contribution in [0.25, 0.3) is 0 Å². The third-order valence-corrected chi connectivity index (χ3v) is 4.86. The van der Waals surface area contributed by atoms with Crippen molar-refractivity contribution in [2.75, 3.05) is 25.0 Å². The van der Waals surface area contributed by atoms with E-state index in [1.165, 1.54) is 0 Å². The first-order valence-corrected chi connectivity index (χ1v) is 9.27. The summed E-state index contributed by atoms with van der Waals surface area (Å²) in [6, 6.07) is 6.39. The van der Waals surface area contributed by atoms with Gasteiger partial charge in [0.25, 0.3) is 0 Å². The minimum absolute atomic E-state index is 0.0255. The molecule has 1 saturated carbocycles. The fourth-order valence-corrected chi connectivity index (χ4v) is 3.09. The summed E-state index contributed by atoms with van der Waals surface area (Å²) in [5.74, 6) is 0.182.